The first-order chi connectivity index (χ1) is 12.2. The molecular weight excluding hydrogens is 380 g/mol. The van der Waals surface area contributed by atoms with Crippen molar-refractivity contribution >= 4 is 38.5 Å². The number of hydrogen-bond acceptors (Lipinski definition) is 3. The summed E-state index contributed by atoms with van der Waals surface area (Å²) in [6.07, 6.45) is 1.90. The van der Waals surface area contributed by atoms with Crippen LogP contribution in [0.25, 0.3) is 10.8 Å². The first-order valence-corrected chi connectivity index (χ1v) is 9.25. The molecule has 0 N–H and O–H groups in total. The van der Waals surface area contributed by atoms with Gasteiger partial charge in [-0.05, 0) is 47.6 Å². The molecule has 0 aromatic heterocycles. The van der Waals surface area contributed by atoms with Gasteiger partial charge in [0.1, 0.15) is 5.75 Å². The summed E-state index contributed by atoms with van der Waals surface area (Å²) in [6, 6.07) is 16.5. The van der Waals surface area contributed by atoms with Crippen molar-refractivity contribution in [2.24, 2.45) is 0 Å². The predicted molar refractivity (Wildman–Crippen MR) is 101 cm³/mol. The number of ketones is 1. The number of carbonyl (C=O) groups excluding carboxylic acids is 2. The zero-order valence-electron chi connectivity index (χ0n) is 13.4. The number of Topliss-reactive ketones (excluding diaryl/α,β-unsaturated/α-hetero) is 1. The molecule has 0 saturated heterocycles. The second-order valence-corrected chi connectivity index (χ2v) is 6.62. The van der Waals surface area contributed by atoms with Gasteiger partial charge in [0.25, 0.3) is 0 Å². The van der Waals surface area contributed by atoms with Crippen molar-refractivity contribution in [3.63, 3.8) is 0 Å². The number of benzene rings is 3. The van der Waals surface area contributed by atoms with E-state index in [1.165, 1.54) is 11.1 Å². The van der Waals surface area contributed by atoms with Crippen molar-refractivity contribution in [3.8, 4) is 5.75 Å². The molecule has 0 amide bonds. The molecule has 0 aliphatic heterocycles. The quantitative estimate of drug-likeness (QED) is 0.278. The highest BCUT2D eigenvalue weighted by Gasteiger charge is 2.23. The Morgan fingerprint density at radius 2 is 1.56 bits per heavy atom. The van der Waals surface area contributed by atoms with Crippen LogP contribution in [0.3, 0.4) is 0 Å². The molecule has 4 rings (SSSR count). The summed E-state index contributed by atoms with van der Waals surface area (Å²) in [6.45, 7) is 0. The summed E-state index contributed by atoms with van der Waals surface area (Å²) in [4.78, 5) is 24.9. The van der Waals surface area contributed by atoms with Crippen molar-refractivity contribution in [3.05, 3.63) is 76.9 Å². The van der Waals surface area contributed by atoms with Gasteiger partial charge in [-0.25, -0.2) is 4.79 Å². The molecule has 0 radical (unpaired) electrons. The summed E-state index contributed by atoms with van der Waals surface area (Å²) >= 11 is 3.24. The van der Waals surface area contributed by atoms with E-state index in [2.05, 4.69) is 15.9 Å². The fourth-order valence-corrected chi connectivity index (χ4v) is 3.72. The minimum Gasteiger partial charge on any atom is -0.422 e. The Kier molecular flexibility index (Phi) is 4.14. The molecular formula is C21H15BrO3. The van der Waals surface area contributed by atoms with Crippen LogP contribution in [-0.2, 0) is 12.8 Å². The number of ether oxygens (including phenoxy) is 1. The Balaban J connectivity index is 1.87. The third-order valence-corrected chi connectivity index (χ3v) is 5.10. The molecule has 25 heavy (non-hydrogen) atoms. The van der Waals surface area contributed by atoms with Crippen molar-refractivity contribution in [2.75, 3.05) is 5.33 Å². The summed E-state index contributed by atoms with van der Waals surface area (Å²) in [5.74, 6) is 0.00445. The third kappa shape index (κ3) is 2.76. The van der Waals surface area contributed by atoms with Gasteiger partial charge in [-0.2, -0.15) is 0 Å². The number of aryl methyl sites for hydroxylation is 2. The van der Waals surface area contributed by atoms with Crippen LogP contribution in [0.2, 0.25) is 0 Å². The smallest absolute Gasteiger partial charge is 0.343 e. The van der Waals surface area contributed by atoms with E-state index < -0.39 is 5.97 Å². The maximum Gasteiger partial charge on any atom is 0.343 e. The molecule has 0 heterocycles. The molecule has 0 unspecified atom stereocenters. The Bertz CT molecular complexity index is 983. The molecule has 3 nitrogen and oxygen atoms in total. The number of halogens is 1. The lowest BCUT2D eigenvalue weighted by Gasteiger charge is -2.13. The first kappa shape index (κ1) is 16.0. The van der Waals surface area contributed by atoms with Crippen molar-refractivity contribution in [1.82, 2.24) is 0 Å². The third-order valence-electron chi connectivity index (χ3n) is 4.59. The Labute approximate surface area is 153 Å². The van der Waals surface area contributed by atoms with Crippen molar-refractivity contribution in [2.45, 2.75) is 12.8 Å². The fraction of sp³-hybridized carbons (Fsp3) is 0.143. The van der Waals surface area contributed by atoms with Gasteiger partial charge in [-0.1, -0.05) is 52.3 Å². The molecule has 1 aliphatic rings. The van der Waals surface area contributed by atoms with Crippen LogP contribution in [0.4, 0.5) is 0 Å². The molecule has 0 spiro atoms. The van der Waals surface area contributed by atoms with E-state index in [9.17, 15) is 9.59 Å². The maximum atomic E-state index is 12.5. The van der Waals surface area contributed by atoms with Crippen LogP contribution in [-0.4, -0.2) is 17.1 Å². The minimum atomic E-state index is -0.420. The molecule has 0 fully saturated rings. The molecule has 1 aliphatic carbocycles. The summed E-state index contributed by atoms with van der Waals surface area (Å²) < 4.78 is 5.68. The van der Waals surface area contributed by atoms with E-state index in [4.69, 9.17) is 4.74 Å². The summed E-state index contributed by atoms with van der Waals surface area (Å²) in [7, 11) is 0. The number of carbonyl (C=O) groups is 2. The normalized spacial score (nSPS) is 12.4. The van der Waals surface area contributed by atoms with Crippen LogP contribution in [0.1, 0.15) is 31.8 Å². The van der Waals surface area contributed by atoms with Crippen molar-refractivity contribution < 1.29 is 14.3 Å². The monoisotopic (exact) mass is 394 g/mol. The number of hydrogen-bond donors (Lipinski definition) is 0. The molecule has 0 bridgehead atoms. The van der Waals surface area contributed by atoms with E-state index in [1.807, 2.05) is 24.3 Å². The van der Waals surface area contributed by atoms with Crippen LogP contribution in [0.15, 0.2) is 54.6 Å². The highest BCUT2D eigenvalue weighted by atomic mass is 79.9. The standard InChI is InChI=1S/C21H15BrO3/c22-12-17(23)16-10-8-13-6-7-14-9-11-18(20(16)19(13)14)25-21(24)15-4-2-1-3-5-15/h1-5,8-11H,6-7,12H2. The van der Waals surface area contributed by atoms with Crippen LogP contribution in [0, 0.1) is 0 Å². The SMILES string of the molecule is O=C(Oc1ccc2c3c(ccc(C(=O)CBr)c13)CC2)c1ccccc1. The second kappa shape index (κ2) is 6.45. The number of alkyl halides is 1. The van der Waals surface area contributed by atoms with E-state index in [1.54, 1.807) is 30.3 Å². The Morgan fingerprint density at radius 1 is 0.880 bits per heavy atom. The van der Waals surface area contributed by atoms with Gasteiger partial charge in [-0.15, -0.1) is 0 Å². The van der Waals surface area contributed by atoms with E-state index in [-0.39, 0.29) is 11.1 Å². The van der Waals surface area contributed by atoms with Gasteiger partial charge in [-0.3, -0.25) is 4.79 Å². The fourth-order valence-electron chi connectivity index (χ4n) is 3.42. The zero-order valence-corrected chi connectivity index (χ0v) is 15.0. The van der Waals surface area contributed by atoms with Gasteiger partial charge in [0.15, 0.2) is 5.78 Å². The molecule has 0 saturated carbocycles. The Morgan fingerprint density at radius 3 is 2.24 bits per heavy atom. The lowest BCUT2D eigenvalue weighted by molar-refractivity contribution is 0.0736. The van der Waals surface area contributed by atoms with Gasteiger partial charge in [0.2, 0.25) is 0 Å². The van der Waals surface area contributed by atoms with E-state index in [0.717, 1.165) is 23.6 Å². The van der Waals surface area contributed by atoms with E-state index in [0.29, 0.717) is 16.9 Å². The van der Waals surface area contributed by atoms with Crippen LogP contribution < -0.4 is 4.74 Å². The molecule has 4 heteroatoms. The molecule has 3 aromatic carbocycles. The molecule has 3 aromatic rings. The lowest BCUT2D eigenvalue weighted by Crippen LogP contribution is -2.10. The molecule has 0 atom stereocenters. The van der Waals surface area contributed by atoms with Gasteiger partial charge < -0.3 is 4.74 Å². The van der Waals surface area contributed by atoms with Crippen LogP contribution in [0.5, 0.6) is 5.75 Å². The highest BCUT2D eigenvalue weighted by molar-refractivity contribution is 9.09. The average molecular weight is 395 g/mol. The topological polar surface area (TPSA) is 43.4 Å². The van der Waals surface area contributed by atoms with Crippen LogP contribution >= 0.6 is 15.9 Å². The maximum absolute atomic E-state index is 12.5. The second-order valence-electron chi connectivity index (χ2n) is 6.06. The number of esters is 1. The number of rotatable bonds is 4. The van der Waals surface area contributed by atoms with Gasteiger partial charge >= 0.3 is 5.97 Å². The first-order valence-electron chi connectivity index (χ1n) is 8.13. The molecule has 124 valence electrons. The van der Waals surface area contributed by atoms with Gasteiger partial charge in [0.05, 0.1) is 10.9 Å². The van der Waals surface area contributed by atoms with Crippen molar-refractivity contribution in [1.29, 1.82) is 0 Å². The largest absolute Gasteiger partial charge is 0.422 e. The minimum absolute atomic E-state index is 0.0207. The van der Waals surface area contributed by atoms with E-state index >= 15 is 0 Å². The average Bonchev–Trinajstić information content (AvgIpc) is 3.08. The lowest BCUT2D eigenvalue weighted by atomic mass is 9.97. The highest BCUT2D eigenvalue weighted by Crippen LogP contribution is 2.39. The Hall–Kier alpha value is -2.46. The predicted octanol–water partition coefficient (Wildman–Crippen LogP) is 4.74. The summed E-state index contributed by atoms with van der Waals surface area (Å²) in [5.41, 5.74) is 3.48. The zero-order chi connectivity index (χ0) is 17.4. The summed E-state index contributed by atoms with van der Waals surface area (Å²) in [5, 5.41) is 2.05. The van der Waals surface area contributed by atoms with Gasteiger partial charge in [0, 0.05) is 10.9 Å².